The Morgan fingerprint density at radius 2 is 1.33 bits per heavy atom. The van der Waals surface area contributed by atoms with Crippen molar-refractivity contribution in [1.82, 2.24) is 5.06 Å². The van der Waals surface area contributed by atoms with Crippen LogP contribution in [0.1, 0.15) is 145 Å². The molecule has 19 nitrogen and oxygen atoms in total. The van der Waals surface area contributed by atoms with Crippen molar-refractivity contribution in [3.8, 4) is 0 Å². The number of fused-ring (bicyclic) bond motifs is 2. The number of amides is 2. The van der Waals surface area contributed by atoms with Crippen LogP contribution < -0.4 is 4.90 Å². The van der Waals surface area contributed by atoms with Gasteiger partial charge in [-0.25, -0.2) is 4.79 Å². The highest BCUT2D eigenvalue weighted by molar-refractivity contribution is 7.86. The highest BCUT2D eigenvalue weighted by atomic mass is 32.2. The van der Waals surface area contributed by atoms with Crippen LogP contribution in [-0.2, 0) is 74.6 Å². The number of benzene rings is 2. The largest absolute Gasteiger partial charge is 0.385 e. The first-order valence-electron chi connectivity index (χ1n) is 24.3. The van der Waals surface area contributed by atoms with E-state index >= 15 is 0 Å². The van der Waals surface area contributed by atoms with E-state index in [-0.39, 0.29) is 61.5 Å². The number of methoxy groups -OCH3 is 1. The third-order valence-electron chi connectivity index (χ3n) is 14.0. The minimum absolute atomic E-state index is 0.0171. The molecule has 0 spiro atoms. The van der Waals surface area contributed by atoms with E-state index in [4.69, 9.17) is 19.0 Å². The van der Waals surface area contributed by atoms with Crippen LogP contribution in [0.2, 0.25) is 0 Å². The van der Waals surface area contributed by atoms with Gasteiger partial charge in [0.05, 0.1) is 45.2 Å². The van der Waals surface area contributed by atoms with Crippen molar-refractivity contribution >= 4 is 65.2 Å². The molecule has 2 amide bonds. The summed E-state index contributed by atoms with van der Waals surface area (Å²) in [5, 5.41) is 0.508. The quantitative estimate of drug-likeness (QED) is 0.0514. The normalized spacial score (nSPS) is 20.8. The summed E-state index contributed by atoms with van der Waals surface area (Å²) in [6.45, 7) is 22.0. The molecule has 3 N–H and O–H groups in total. The van der Waals surface area contributed by atoms with Gasteiger partial charge in [0.2, 0.25) is 5.69 Å². The molecule has 0 radical (unpaired) electrons. The zero-order valence-corrected chi connectivity index (χ0v) is 46.6. The fourth-order valence-electron chi connectivity index (χ4n) is 9.83. The fourth-order valence-corrected chi connectivity index (χ4v) is 11.4. The highest BCUT2D eigenvalue weighted by Gasteiger charge is 2.53. The molecule has 2 aromatic carbocycles. The number of carbonyl (C=O) groups excluding carboxylic acids is 3. The second kappa shape index (κ2) is 21.7. The van der Waals surface area contributed by atoms with E-state index in [1.807, 2.05) is 80.5 Å². The lowest BCUT2D eigenvalue weighted by molar-refractivity contribution is -0.525. The molecule has 1 fully saturated rings. The van der Waals surface area contributed by atoms with Crippen LogP contribution in [-0.4, -0.2) is 127 Å². The Labute approximate surface area is 431 Å². The zero-order valence-electron chi connectivity index (χ0n) is 44.1. The van der Waals surface area contributed by atoms with E-state index in [1.165, 1.54) is 24.3 Å². The number of ether oxygens (including phenoxy) is 3. The maximum absolute atomic E-state index is 12.7. The lowest BCUT2D eigenvalue weighted by atomic mass is 9.75. The Bertz CT molecular complexity index is 2880. The Morgan fingerprint density at radius 1 is 0.753 bits per heavy atom. The number of allylic oxidation sites excluding steroid dienone is 4. The summed E-state index contributed by atoms with van der Waals surface area (Å²) in [4.78, 5) is 43.2. The standard InChI is InChI=1S/C51H73N3O16S3/c1-46(2,3)68-30-26-47(4,5)52-39-19-17-35(72(61,62)63)33-37(39)50(10,24-14-32-71(58,59)60)41(52)15-13-16-42-51(11,28-29-67-12)38-34-36(73(64,65)66)18-20-40(38)53(42)48(6,7)27-31-69-49(8,9)25-23-45(57)70-54-43(55)21-22-44(54)56/h13,15-20,33-34H,14,21-32H2,1-12H3,(H2-,58,59,60,61,62,63,64,65,66)/p+1. The average molecular weight is 1080 g/mol. The maximum Gasteiger partial charge on any atom is 0.333 e. The molecule has 73 heavy (non-hydrogen) atoms. The van der Waals surface area contributed by atoms with E-state index < -0.39 is 87.0 Å². The van der Waals surface area contributed by atoms with E-state index in [0.29, 0.717) is 64.8 Å². The van der Waals surface area contributed by atoms with Gasteiger partial charge in [0.25, 0.3) is 42.2 Å². The van der Waals surface area contributed by atoms with Gasteiger partial charge < -0.3 is 23.9 Å². The molecule has 2 unspecified atom stereocenters. The second-order valence-electron chi connectivity index (χ2n) is 22.3. The Morgan fingerprint density at radius 3 is 1.89 bits per heavy atom. The summed E-state index contributed by atoms with van der Waals surface area (Å²) in [7, 11) is -12.2. The van der Waals surface area contributed by atoms with Crippen LogP contribution in [0.15, 0.2) is 70.1 Å². The van der Waals surface area contributed by atoms with Crippen molar-refractivity contribution in [3.63, 3.8) is 0 Å². The van der Waals surface area contributed by atoms with E-state index in [9.17, 15) is 53.3 Å². The third kappa shape index (κ3) is 14.1. The minimum Gasteiger partial charge on any atom is -0.385 e. The smallest absolute Gasteiger partial charge is 0.333 e. The molecule has 0 aromatic heterocycles. The molecule has 1 saturated heterocycles. The van der Waals surface area contributed by atoms with Gasteiger partial charge in [-0.15, -0.1) is 5.06 Å². The predicted octanol–water partition coefficient (Wildman–Crippen LogP) is 7.79. The lowest BCUT2D eigenvalue weighted by Crippen LogP contribution is -2.45. The van der Waals surface area contributed by atoms with Crippen molar-refractivity contribution in [1.29, 1.82) is 0 Å². The lowest BCUT2D eigenvalue weighted by Gasteiger charge is -2.42. The molecule has 3 heterocycles. The van der Waals surface area contributed by atoms with Gasteiger partial charge in [0, 0.05) is 93.5 Å². The first kappa shape index (κ1) is 59.5. The molecule has 406 valence electrons. The van der Waals surface area contributed by atoms with Gasteiger partial charge in [0.1, 0.15) is 0 Å². The van der Waals surface area contributed by atoms with Gasteiger partial charge >= 0.3 is 5.97 Å². The van der Waals surface area contributed by atoms with Crippen LogP contribution in [0, 0.1) is 0 Å². The summed E-state index contributed by atoms with van der Waals surface area (Å²) >= 11 is 0. The number of carbonyl (C=O) groups is 3. The number of hydrogen-bond acceptors (Lipinski definition) is 14. The van der Waals surface area contributed by atoms with Gasteiger partial charge in [-0.1, -0.05) is 6.08 Å². The van der Waals surface area contributed by atoms with E-state index in [0.717, 1.165) is 0 Å². The molecule has 3 aliphatic rings. The summed E-state index contributed by atoms with van der Waals surface area (Å²) < 4.78 is 125. The van der Waals surface area contributed by atoms with Gasteiger partial charge in [-0.2, -0.15) is 29.8 Å². The van der Waals surface area contributed by atoms with Crippen LogP contribution in [0.3, 0.4) is 0 Å². The number of imide groups is 1. The fraction of sp³-hybridized carbons (Fsp3) is 0.608. The van der Waals surface area contributed by atoms with Crippen LogP contribution in [0.4, 0.5) is 11.4 Å². The first-order chi connectivity index (χ1) is 33.4. The Hall–Kier alpha value is -4.39. The molecule has 0 saturated carbocycles. The average Bonchev–Trinajstić information content (AvgIpc) is 3.80. The topological polar surface area (TPSA) is 261 Å². The third-order valence-corrected chi connectivity index (χ3v) is 16.5. The van der Waals surface area contributed by atoms with Crippen LogP contribution in [0.25, 0.3) is 0 Å². The molecule has 0 aliphatic carbocycles. The summed E-state index contributed by atoms with van der Waals surface area (Å²) in [5.41, 5.74) is -1.18. The highest BCUT2D eigenvalue weighted by Crippen LogP contribution is 2.54. The minimum atomic E-state index is -4.69. The zero-order chi connectivity index (χ0) is 55.0. The van der Waals surface area contributed by atoms with Crippen molar-refractivity contribution in [2.45, 2.75) is 177 Å². The van der Waals surface area contributed by atoms with Crippen molar-refractivity contribution in [2.24, 2.45) is 0 Å². The molecule has 2 atom stereocenters. The number of nitrogens with zero attached hydrogens (tertiary/aromatic N) is 3. The monoisotopic (exact) mass is 1080 g/mol. The van der Waals surface area contributed by atoms with Gasteiger partial charge in [-0.3, -0.25) is 23.2 Å². The SMILES string of the molecule is COCCC1(C)C(=CC=CC2=[N+](C(C)(C)CCOC(C)(C)C)c3ccc(S(=O)(=O)O)cc3C2(C)CCCS(=O)(=O)O)N(C(C)(C)CCOC(C)(C)CCC(=O)ON2C(=O)CCC2=O)c2ccc(S(=O)(=O)O)cc21. The summed E-state index contributed by atoms with van der Waals surface area (Å²) in [6.07, 6.45) is 6.95. The van der Waals surface area contributed by atoms with Crippen LogP contribution >= 0.6 is 0 Å². The Kier molecular flexibility index (Phi) is 17.7. The summed E-state index contributed by atoms with van der Waals surface area (Å²) in [6, 6.07) is 8.77. The molecule has 3 aliphatic heterocycles. The Balaban J connectivity index is 1.64. The molecule has 5 rings (SSSR count). The number of hydrogen-bond donors (Lipinski definition) is 3. The van der Waals surface area contributed by atoms with Crippen molar-refractivity contribution in [3.05, 3.63) is 71.5 Å². The van der Waals surface area contributed by atoms with Gasteiger partial charge in [-0.05, 0) is 136 Å². The van der Waals surface area contributed by atoms with Crippen molar-refractivity contribution in [2.75, 3.05) is 37.6 Å². The van der Waals surface area contributed by atoms with E-state index in [1.54, 1.807) is 33.1 Å². The second-order valence-corrected chi connectivity index (χ2v) is 26.7. The molecule has 2 aromatic rings. The number of rotatable bonds is 24. The summed E-state index contributed by atoms with van der Waals surface area (Å²) in [5.74, 6) is -2.47. The predicted molar refractivity (Wildman–Crippen MR) is 274 cm³/mol. The maximum atomic E-state index is 12.7. The molecular weight excluding hydrogens is 1010 g/mol. The molecule has 0 bridgehead atoms. The van der Waals surface area contributed by atoms with Gasteiger partial charge in [0.15, 0.2) is 11.3 Å². The van der Waals surface area contributed by atoms with Crippen molar-refractivity contribution < 1.29 is 76.9 Å². The van der Waals surface area contributed by atoms with Crippen LogP contribution in [0.5, 0.6) is 0 Å². The number of anilines is 1. The molecular formula is C51H74N3O16S3+. The first-order valence-corrected chi connectivity index (χ1v) is 28.8. The number of hydroxylamine groups is 2. The molecule has 22 heteroatoms. The van der Waals surface area contributed by atoms with E-state index in [2.05, 4.69) is 9.48 Å².